The van der Waals surface area contributed by atoms with Crippen molar-refractivity contribution in [1.82, 2.24) is 10.6 Å². The van der Waals surface area contributed by atoms with Gasteiger partial charge in [-0.15, -0.1) is 0 Å². The number of hydrogen-bond donors (Lipinski definition) is 2. The molecule has 0 saturated heterocycles. The number of hydrogen-bond acceptors (Lipinski definition) is 4. The van der Waals surface area contributed by atoms with Crippen LogP contribution in [0.4, 0.5) is 4.79 Å². The number of nitrogens with one attached hydrogen (secondary N) is 2. The molecule has 0 aliphatic rings. The molecule has 0 radical (unpaired) electrons. The third kappa shape index (κ3) is 13.3. The number of carbonyl (C=O) groups excluding carboxylic acids is 1. The molecule has 0 aliphatic heterocycles. The Balaban J connectivity index is 3.83. The molecule has 2 N–H and O–H groups in total. The molecule has 0 aromatic rings. The van der Waals surface area contributed by atoms with Gasteiger partial charge in [-0.2, -0.15) is 0 Å². The highest BCUT2D eigenvalue weighted by Gasteiger charge is 2.39. The van der Waals surface area contributed by atoms with Gasteiger partial charge in [-0.1, -0.05) is 39.0 Å². The second-order valence-corrected chi connectivity index (χ2v) is 8.77. The van der Waals surface area contributed by atoms with E-state index in [1.807, 2.05) is 20.8 Å². The summed E-state index contributed by atoms with van der Waals surface area (Å²) in [5.41, 5.74) is 0. The van der Waals surface area contributed by atoms with Gasteiger partial charge < -0.3 is 23.9 Å². The Labute approximate surface area is 155 Å². The largest absolute Gasteiger partial charge is 0.500 e. The van der Waals surface area contributed by atoms with Crippen molar-refractivity contribution in [3.8, 4) is 0 Å². The van der Waals surface area contributed by atoms with Gasteiger partial charge in [0.2, 0.25) is 0 Å². The maximum atomic E-state index is 11.8. The lowest BCUT2D eigenvalue weighted by Gasteiger charge is -2.28. The summed E-state index contributed by atoms with van der Waals surface area (Å²) >= 11 is 0. The number of amides is 2. The minimum absolute atomic E-state index is 0.0925. The SMILES string of the molecule is CCCCCCCCNC(=O)NCCC[Si](OCC)(OCC)OCC. The molecule has 150 valence electrons. The van der Waals surface area contributed by atoms with Crippen LogP contribution >= 0.6 is 0 Å². The Hall–Kier alpha value is -0.633. The summed E-state index contributed by atoms with van der Waals surface area (Å²) in [4.78, 5) is 11.8. The maximum Gasteiger partial charge on any atom is 0.500 e. The molecular formula is C18H40N2O4Si. The van der Waals surface area contributed by atoms with Gasteiger partial charge in [0.25, 0.3) is 0 Å². The molecule has 0 spiro atoms. The van der Waals surface area contributed by atoms with Crippen molar-refractivity contribution in [2.45, 2.75) is 78.7 Å². The standard InChI is InChI=1S/C18H40N2O4Si/c1-5-9-10-11-12-13-15-19-18(21)20-16-14-17-25(22-6-2,23-7-3)24-8-4/h5-17H2,1-4H3,(H2,19,20,21). The Bertz CT molecular complexity index is 302. The van der Waals surface area contributed by atoms with Crippen LogP contribution in [0.25, 0.3) is 0 Å². The van der Waals surface area contributed by atoms with E-state index < -0.39 is 8.80 Å². The van der Waals surface area contributed by atoms with Crippen LogP contribution in [0, 0.1) is 0 Å². The van der Waals surface area contributed by atoms with Gasteiger partial charge >= 0.3 is 14.8 Å². The zero-order valence-corrected chi connectivity index (χ0v) is 17.8. The van der Waals surface area contributed by atoms with Crippen molar-refractivity contribution >= 4 is 14.8 Å². The second-order valence-electron chi connectivity index (χ2n) is 6.04. The number of urea groups is 1. The summed E-state index contributed by atoms with van der Waals surface area (Å²) < 4.78 is 17.4. The first-order valence-corrected chi connectivity index (χ1v) is 12.0. The van der Waals surface area contributed by atoms with Crippen LogP contribution in [0.2, 0.25) is 6.04 Å². The molecule has 0 saturated carbocycles. The highest BCUT2D eigenvalue weighted by Crippen LogP contribution is 2.17. The lowest BCUT2D eigenvalue weighted by atomic mass is 10.1. The third-order valence-corrected chi connectivity index (χ3v) is 7.01. The van der Waals surface area contributed by atoms with Crippen LogP contribution in [-0.4, -0.2) is 47.7 Å². The van der Waals surface area contributed by atoms with E-state index in [1.165, 1.54) is 32.1 Å². The number of carbonyl (C=O) groups is 1. The summed E-state index contributed by atoms with van der Waals surface area (Å²) in [5, 5.41) is 5.81. The monoisotopic (exact) mass is 376 g/mol. The van der Waals surface area contributed by atoms with Crippen molar-refractivity contribution < 1.29 is 18.1 Å². The predicted octanol–water partition coefficient (Wildman–Crippen LogP) is 4.08. The lowest BCUT2D eigenvalue weighted by Crippen LogP contribution is -2.46. The fourth-order valence-corrected chi connectivity index (χ4v) is 5.29. The molecule has 0 rings (SSSR count). The van der Waals surface area contributed by atoms with E-state index in [0.29, 0.717) is 26.4 Å². The molecule has 0 heterocycles. The highest BCUT2D eigenvalue weighted by molar-refractivity contribution is 6.60. The molecule has 0 atom stereocenters. The fourth-order valence-electron chi connectivity index (χ4n) is 2.68. The molecule has 2 amide bonds. The quantitative estimate of drug-likeness (QED) is 0.296. The van der Waals surface area contributed by atoms with Gasteiger partial charge in [0.05, 0.1) is 0 Å². The first-order valence-electron chi connectivity index (χ1n) is 10.1. The minimum Gasteiger partial charge on any atom is -0.374 e. The Morgan fingerprint density at radius 2 is 1.20 bits per heavy atom. The minimum atomic E-state index is -2.59. The van der Waals surface area contributed by atoms with Crippen molar-refractivity contribution in [2.24, 2.45) is 0 Å². The summed E-state index contributed by atoms with van der Waals surface area (Å²) in [5.74, 6) is 0. The van der Waals surface area contributed by atoms with E-state index in [4.69, 9.17) is 13.3 Å². The summed E-state index contributed by atoms with van der Waals surface area (Å²) in [6, 6.07) is 0.630. The van der Waals surface area contributed by atoms with Crippen LogP contribution in [0.5, 0.6) is 0 Å². The fraction of sp³-hybridized carbons (Fsp3) is 0.944. The molecule has 0 fully saturated rings. The second kappa shape index (κ2) is 16.8. The molecule has 6 nitrogen and oxygen atoms in total. The third-order valence-electron chi connectivity index (χ3n) is 3.85. The average Bonchev–Trinajstić information content (AvgIpc) is 2.59. The Morgan fingerprint density at radius 3 is 1.72 bits per heavy atom. The smallest absolute Gasteiger partial charge is 0.374 e. The summed E-state index contributed by atoms with van der Waals surface area (Å²) in [6.45, 7) is 11.2. The van der Waals surface area contributed by atoms with Crippen LogP contribution in [0.1, 0.15) is 72.6 Å². The highest BCUT2D eigenvalue weighted by atomic mass is 28.4. The van der Waals surface area contributed by atoms with Crippen molar-refractivity contribution in [3.63, 3.8) is 0 Å². The van der Waals surface area contributed by atoms with E-state index >= 15 is 0 Å². The zero-order valence-electron chi connectivity index (χ0n) is 16.8. The van der Waals surface area contributed by atoms with Gasteiger partial charge in [-0.25, -0.2) is 4.79 Å². The topological polar surface area (TPSA) is 68.8 Å². The van der Waals surface area contributed by atoms with Crippen molar-refractivity contribution in [1.29, 1.82) is 0 Å². The molecule has 0 aromatic heterocycles. The van der Waals surface area contributed by atoms with Gasteiger partial charge in [-0.3, -0.25) is 0 Å². The van der Waals surface area contributed by atoms with E-state index in [9.17, 15) is 4.79 Å². The Kier molecular flexibility index (Phi) is 16.4. The lowest BCUT2D eigenvalue weighted by molar-refractivity contribution is 0.0708. The van der Waals surface area contributed by atoms with Crippen molar-refractivity contribution in [3.05, 3.63) is 0 Å². The van der Waals surface area contributed by atoms with Crippen LogP contribution in [0.15, 0.2) is 0 Å². The first kappa shape index (κ1) is 24.4. The van der Waals surface area contributed by atoms with E-state index in [-0.39, 0.29) is 6.03 Å². The van der Waals surface area contributed by atoms with Crippen LogP contribution in [-0.2, 0) is 13.3 Å². The summed E-state index contributed by atoms with van der Waals surface area (Å²) in [6.07, 6.45) is 8.16. The Morgan fingerprint density at radius 1 is 0.720 bits per heavy atom. The van der Waals surface area contributed by atoms with Gasteiger partial charge in [0, 0.05) is 39.0 Å². The predicted molar refractivity (Wildman–Crippen MR) is 105 cm³/mol. The molecule has 25 heavy (non-hydrogen) atoms. The number of unbranched alkanes of at least 4 members (excludes halogenated alkanes) is 5. The first-order chi connectivity index (χ1) is 12.1. The zero-order chi connectivity index (χ0) is 18.8. The van der Waals surface area contributed by atoms with Gasteiger partial charge in [0.1, 0.15) is 0 Å². The molecule has 0 bridgehead atoms. The van der Waals surface area contributed by atoms with Gasteiger partial charge in [0.15, 0.2) is 0 Å². The van der Waals surface area contributed by atoms with Crippen LogP contribution < -0.4 is 10.6 Å². The normalized spacial score (nSPS) is 11.5. The summed E-state index contributed by atoms with van der Waals surface area (Å²) in [7, 11) is -2.59. The van der Waals surface area contributed by atoms with E-state index in [0.717, 1.165) is 25.4 Å². The van der Waals surface area contributed by atoms with Crippen LogP contribution in [0.3, 0.4) is 0 Å². The van der Waals surface area contributed by atoms with Gasteiger partial charge in [-0.05, 0) is 33.6 Å². The molecule has 0 unspecified atom stereocenters. The van der Waals surface area contributed by atoms with E-state index in [1.54, 1.807) is 0 Å². The number of rotatable bonds is 17. The van der Waals surface area contributed by atoms with E-state index in [2.05, 4.69) is 17.6 Å². The molecular weight excluding hydrogens is 336 g/mol. The van der Waals surface area contributed by atoms with Crippen molar-refractivity contribution in [2.75, 3.05) is 32.9 Å². The molecule has 0 aromatic carbocycles. The molecule has 0 aliphatic carbocycles. The molecule has 7 heteroatoms. The average molecular weight is 377 g/mol. The maximum absolute atomic E-state index is 11.8.